The predicted molar refractivity (Wildman–Crippen MR) is 78.3 cm³/mol. The standard InChI is InChI=1S/C14H17ClN2O3/c1-19-7-6-16-4-5-17-14(18)13-9-10-8-11(15)2-3-12(10)20-13/h2-3,8-9,16H,4-7H2,1H3,(H,17,18). The number of nitrogens with one attached hydrogen (secondary N) is 2. The highest BCUT2D eigenvalue weighted by molar-refractivity contribution is 6.31. The van der Waals surface area contributed by atoms with Crippen molar-refractivity contribution in [3.8, 4) is 0 Å². The second kappa shape index (κ2) is 7.28. The van der Waals surface area contributed by atoms with Crippen molar-refractivity contribution in [3.05, 3.63) is 35.0 Å². The fraction of sp³-hybridized carbons (Fsp3) is 0.357. The van der Waals surface area contributed by atoms with E-state index in [1.54, 1.807) is 31.4 Å². The number of ether oxygens (including phenoxy) is 1. The van der Waals surface area contributed by atoms with E-state index in [1.807, 2.05) is 0 Å². The molecule has 1 amide bonds. The molecule has 2 N–H and O–H groups in total. The van der Waals surface area contributed by atoms with Gasteiger partial charge in [-0.1, -0.05) is 11.6 Å². The van der Waals surface area contributed by atoms with Gasteiger partial charge in [0, 0.05) is 37.2 Å². The van der Waals surface area contributed by atoms with Crippen molar-refractivity contribution >= 4 is 28.5 Å². The highest BCUT2D eigenvalue weighted by atomic mass is 35.5. The maximum Gasteiger partial charge on any atom is 0.287 e. The summed E-state index contributed by atoms with van der Waals surface area (Å²) in [6, 6.07) is 6.94. The molecule has 2 rings (SSSR count). The first-order valence-electron chi connectivity index (χ1n) is 6.37. The van der Waals surface area contributed by atoms with Crippen molar-refractivity contribution in [1.29, 1.82) is 0 Å². The Morgan fingerprint density at radius 2 is 2.15 bits per heavy atom. The zero-order valence-corrected chi connectivity index (χ0v) is 12.0. The first kappa shape index (κ1) is 14.8. The van der Waals surface area contributed by atoms with Gasteiger partial charge in [-0.05, 0) is 24.3 Å². The Bertz CT molecular complexity index is 583. The molecule has 0 saturated carbocycles. The number of carbonyl (C=O) groups is 1. The zero-order valence-electron chi connectivity index (χ0n) is 11.2. The maximum absolute atomic E-state index is 11.9. The lowest BCUT2D eigenvalue weighted by Crippen LogP contribution is -2.32. The zero-order chi connectivity index (χ0) is 14.4. The van der Waals surface area contributed by atoms with Crippen LogP contribution >= 0.6 is 11.6 Å². The van der Waals surface area contributed by atoms with E-state index in [0.717, 1.165) is 11.9 Å². The van der Waals surface area contributed by atoms with Crippen LogP contribution in [0.15, 0.2) is 28.7 Å². The van der Waals surface area contributed by atoms with Gasteiger partial charge in [-0.3, -0.25) is 4.79 Å². The molecule has 0 unspecified atom stereocenters. The SMILES string of the molecule is COCCNCCNC(=O)c1cc2cc(Cl)ccc2o1. The molecular formula is C14H17ClN2O3. The first-order chi connectivity index (χ1) is 9.70. The van der Waals surface area contributed by atoms with Gasteiger partial charge in [-0.2, -0.15) is 0 Å². The van der Waals surface area contributed by atoms with Crippen LogP contribution in [-0.2, 0) is 4.74 Å². The van der Waals surface area contributed by atoms with Crippen molar-refractivity contribution in [1.82, 2.24) is 10.6 Å². The van der Waals surface area contributed by atoms with Crippen LogP contribution in [0.25, 0.3) is 11.0 Å². The van der Waals surface area contributed by atoms with E-state index in [0.29, 0.717) is 36.1 Å². The molecular weight excluding hydrogens is 280 g/mol. The Morgan fingerprint density at radius 1 is 1.30 bits per heavy atom. The molecule has 0 saturated heterocycles. The summed E-state index contributed by atoms with van der Waals surface area (Å²) in [6.07, 6.45) is 0. The van der Waals surface area contributed by atoms with Gasteiger partial charge >= 0.3 is 0 Å². The normalized spacial score (nSPS) is 10.9. The van der Waals surface area contributed by atoms with E-state index in [4.69, 9.17) is 20.8 Å². The number of furan rings is 1. The summed E-state index contributed by atoms with van der Waals surface area (Å²) >= 11 is 5.89. The molecule has 20 heavy (non-hydrogen) atoms. The maximum atomic E-state index is 11.9. The minimum absolute atomic E-state index is 0.231. The lowest BCUT2D eigenvalue weighted by molar-refractivity contribution is 0.0928. The van der Waals surface area contributed by atoms with E-state index in [2.05, 4.69) is 10.6 Å². The Morgan fingerprint density at radius 3 is 2.95 bits per heavy atom. The van der Waals surface area contributed by atoms with Crippen molar-refractivity contribution in [3.63, 3.8) is 0 Å². The molecule has 0 bridgehead atoms. The average molecular weight is 297 g/mol. The average Bonchev–Trinajstić information content (AvgIpc) is 2.85. The Kier molecular flexibility index (Phi) is 5.40. The summed E-state index contributed by atoms with van der Waals surface area (Å²) in [5.41, 5.74) is 0.651. The summed E-state index contributed by atoms with van der Waals surface area (Å²) in [7, 11) is 1.65. The lowest BCUT2D eigenvalue weighted by Gasteiger charge is -2.04. The van der Waals surface area contributed by atoms with Crippen LogP contribution in [0, 0.1) is 0 Å². The monoisotopic (exact) mass is 296 g/mol. The molecule has 108 valence electrons. The number of hydrogen-bond acceptors (Lipinski definition) is 4. The van der Waals surface area contributed by atoms with Crippen molar-refractivity contribution in [2.45, 2.75) is 0 Å². The highest BCUT2D eigenvalue weighted by Crippen LogP contribution is 2.22. The lowest BCUT2D eigenvalue weighted by atomic mass is 10.2. The molecule has 0 aliphatic heterocycles. The topological polar surface area (TPSA) is 63.5 Å². The number of carbonyl (C=O) groups excluding carboxylic acids is 1. The van der Waals surface area contributed by atoms with Gasteiger partial charge in [0.1, 0.15) is 5.58 Å². The van der Waals surface area contributed by atoms with Crippen molar-refractivity contribution in [2.24, 2.45) is 0 Å². The molecule has 6 heteroatoms. The second-order valence-corrected chi connectivity index (χ2v) is 4.73. The minimum atomic E-state index is -0.231. The highest BCUT2D eigenvalue weighted by Gasteiger charge is 2.11. The van der Waals surface area contributed by atoms with Crippen LogP contribution in [-0.4, -0.2) is 39.3 Å². The number of benzene rings is 1. The van der Waals surface area contributed by atoms with Crippen molar-refractivity contribution < 1.29 is 13.9 Å². The van der Waals surface area contributed by atoms with E-state index in [1.165, 1.54) is 0 Å². The molecule has 5 nitrogen and oxygen atoms in total. The fourth-order valence-electron chi connectivity index (χ4n) is 1.78. The predicted octanol–water partition coefficient (Wildman–Crippen LogP) is 2.05. The first-order valence-corrected chi connectivity index (χ1v) is 6.75. The van der Waals surface area contributed by atoms with Gasteiger partial charge in [-0.25, -0.2) is 0 Å². The summed E-state index contributed by atoms with van der Waals surface area (Å²) < 4.78 is 10.4. The summed E-state index contributed by atoms with van der Waals surface area (Å²) in [5.74, 6) is 0.0602. The van der Waals surface area contributed by atoms with E-state index >= 15 is 0 Å². The molecule has 0 fully saturated rings. The van der Waals surface area contributed by atoms with Gasteiger partial charge in [0.15, 0.2) is 5.76 Å². The molecule has 0 radical (unpaired) electrons. The largest absolute Gasteiger partial charge is 0.451 e. The number of rotatable bonds is 7. The van der Waals surface area contributed by atoms with E-state index in [9.17, 15) is 4.79 Å². The van der Waals surface area contributed by atoms with Gasteiger partial charge in [0.2, 0.25) is 0 Å². The molecule has 0 atom stereocenters. The van der Waals surface area contributed by atoms with Crippen LogP contribution in [0.3, 0.4) is 0 Å². The number of hydrogen-bond donors (Lipinski definition) is 2. The van der Waals surface area contributed by atoms with E-state index in [-0.39, 0.29) is 5.91 Å². The number of fused-ring (bicyclic) bond motifs is 1. The van der Waals surface area contributed by atoms with Crippen LogP contribution in [0.2, 0.25) is 5.02 Å². The molecule has 1 aromatic carbocycles. The summed E-state index contributed by atoms with van der Waals surface area (Å²) in [4.78, 5) is 11.9. The molecule has 1 heterocycles. The number of amides is 1. The molecule has 0 aliphatic rings. The smallest absolute Gasteiger partial charge is 0.287 e. The van der Waals surface area contributed by atoms with Crippen LogP contribution in [0.5, 0.6) is 0 Å². The summed E-state index contributed by atoms with van der Waals surface area (Å²) in [5, 5.41) is 7.36. The fourth-order valence-corrected chi connectivity index (χ4v) is 1.96. The number of halogens is 1. The van der Waals surface area contributed by atoms with Crippen molar-refractivity contribution in [2.75, 3.05) is 33.4 Å². The van der Waals surface area contributed by atoms with E-state index < -0.39 is 0 Å². The third-order valence-corrected chi connectivity index (χ3v) is 3.01. The number of methoxy groups -OCH3 is 1. The molecule has 1 aromatic heterocycles. The van der Waals surface area contributed by atoms with Gasteiger partial charge in [0.05, 0.1) is 6.61 Å². The third-order valence-electron chi connectivity index (χ3n) is 2.77. The molecule has 0 spiro atoms. The van der Waals surface area contributed by atoms with Gasteiger partial charge < -0.3 is 19.8 Å². The Balaban J connectivity index is 1.85. The second-order valence-electron chi connectivity index (χ2n) is 4.29. The van der Waals surface area contributed by atoms with Crippen LogP contribution in [0.4, 0.5) is 0 Å². The molecule has 0 aliphatic carbocycles. The quantitative estimate of drug-likeness (QED) is 0.768. The Hall–Kier alpha value is -1.56. The third kappa shape index (κ3) is 3.96. The van der Waals surface area contributed by atoms with Crippen LogP contribution < -0.4 is 10.6 Å². The Labute approximate surface area is 122 Å². The minimum Gasteiger partial charge on any atom is -0.451 e. The van der Waals surface area contributed by atoms with Crippen LogP contribution in [0.1, 0.15) is 10.6 Å². The summed E-state index contributed by atoms with van der Waals surface area (Å²) in [6.45, 7) is 2.62. The van der Waals surface area contributed by atoms with Gasteiger partial charge in [-0.15, -0.1) is 0 Å². The molecule has 2 aromatic rings. The van der Waals surface area contributed by atoms with Gasteiger partial charge in [0.25, 0.3) is 5.91 Å².